The zero-order valence-corrected chi connectivity index (χ0v) is 13.9. The first-order valence-corrected chi connectivity index (χ1v) is 7.86. The average molecular weight is 283 g/mol. The van der Waals surface area contributed by atoms with Gasteiger partial charge in [-0.05, 0) is 57.5 Å². The summed E-state index contributed by atoms with van der Waals surface area (Å²) in [7, 11) is 2.24. The molecule has 0 spiro atoms. The van der Waals surface area contributed by atoms with Gasteiger partial charge in [-0.3, -0.25) is 0 Å². The highest BCUT2D eigenvalue weighted by atomic mass is 16.4. The molecule has 1 rings (SSSR count). The molecule has 0 heterocycles. The van der Waals surface area contributed by atoms with E-state index in [1.807, 2.05) is 13.8 Å². The van der Waals surface area contributed by atoms with E-state index < -0.39 is 0 Å². The van der Waals surface area contributed by atoms with Crippen molar-refractivity contribution in [3.63, 3.8) is 0 Å². The van der Waals surface area contributed by atoms with Crippen molar-refractivity contribution >= 4 is 5.84 Å². The van der Waals surface area contributed by atoms with Gasteiger partial charge in [-0.1, -0.05) is 32.9 Å². The van der Waals surface area contributed by atoms with E-state index >= 15 is 0 Å². The van der Waals surface area contributed by atoms with Crippen molar-refractivity contribution < 1.29 is 5.21 Å². The van der Waals surface area contributed by atoms with E-state index in [9.17, 15) is 0 Å². The van der Waals surface area contributed by atoms with Crippen molar-refractivity contribution in [1.82, 2.24) is 4.90 Å². The van der Waals surface area contributed by atoms with Gasteiger partial charge in [0.25, 0.3) is 0 Å². The number of nitrogens with zero attached hydrogens (tertiary/aromatic N) is 2. The Morgan fingerprint density at radius 3 is 2.40 bits per heavy atom. The molecular weight excluding hydrogens is 250 g/mol. The Balaban J connectivity index is 2.32. The lowest BCUT2D eigenvalue weighted by molar-refractivity contribution is 0.124. The highest BCUT2D eigenvalue weighted by molar-refractivity contribution is 5.85. The van der Waals surface area contributed by atoms with Crippen LogP contribution in [0, 0.1) is 10.8 Å². The molecule has 0 bridgehead atoms. The molecule has 20 heavy (non-hydrogen) atoms. The van der Waals surface area contributed by atoms with Crippen LogP contribution in [-0.2, 0) is 0 Å². The topological polar surface area (TPSA) is 61.8 Å². The van der Waals surface area contributed by atoms with Crippen LogP contribution in [0.15, 0.2) is 5.16 Å². The molecule has 0 aromatic rings. The zero-order chi connectivity index (χ0) is 15.4. The smallest absolute Gasteiger partial charge is 0.144 e. The molecule has 0 saturated heterocycles. The van der Waals surface area contributed by atoms with E-state index in [0.29, 0.717) is 11.3 Å². The lowest BCUT2D eigenvalue weighted by Crippen LogP contribution is -2.38. The molecule has 0 atom stereocenters. The number of amidine groups is 1. The maximum absolute atomic E-state index is 8.78. The molecule has 1 fully saturated rings. The van der Waals surface area contributed by atoms with Crippen LogP contribution in [0.25, 0.3) is 0 Å². The van der Waals surface area contributed by atoms with Gasteiger partial charge in [-0.25, -0.2) is 0 Å². The maximum Gasteiger partial charge on any atom is 0.144 e. The fourth-order valence-corrected chi connectivity index (χ4v) is 3.04. The molecule has 0 amide bonds. The molecule has 4 heteroatoms. The van der Waals surface area contributed by atoms with E-state index in [0.717, 1.165) is 25.4 Å². The van der Waals surface area contributed by atoms with Crippen LogP contribution in [-0.4, -0.2) is 35.6 Å². The van der Waals surface area contributed by atoms with Gasteiger partial charge in [0.15, 0.2) is 0 Å². The van der Waals surface area contributed by atoms with Crippen molar-refractivity contribution in [3.05, 3.63) is 0 Å². The van der Waals surface area contributed by atoms with Crippen molar-refractivity contribution in [1.29, 1.82) is 0 Å². The van der Waals surface area contributed by atoms with Crippen LogP contribution in [0.3, 0.4) is 0 Å². The van der Waals surface area contributed by atoms with Crippen LogP contribution in [0.1, 0.15) is 66.2 Å². The molecule has 0 aromatic heterocycles. The highest BCUT2D eigenvalue weighted by Crippen LogP contribution is 2.36. The van der Waals surface area contributed by atoms with Gasteiger partial charge >= 0.3 is 0 Å². The minimum atomic E-state index is -0.218. The molecular formula is C16H33N3O. The molecule has 1 aliphatic rings. The predicted octanol–water partition coefficient (Wildman–Crippen LogP) is 3.44. The van der Waals surface area contributed by atoms with Gasteiger partial charge in [0, 0.05) is 11.5 Å². The van der Waals surface area contributed by atoms with Gasteiger partial charge < -0.3 is 15.8 Å². The van der Waals surface area contributed by atoms with Gasteiger partial charge in [0.1, 0.15) is 5.84 Å². The fourth-order valence-electron chi connectivity index (χ4n) is 3.04. The molecule has 3 N–H and O–H groups in total. The van der Waals surface area contributed by atoms with E-state index in [2.05, 4.69) is 31.0 Å². The molecule has 0 unspecified atom stereocenters. The summed E-state index contributed by atoms with van der Waals surface area (Å²) in [6.07, 6.45) is 7.32. The van der Waals surface area contributed by atoms with Crippen molar-refractivity contribution in [2.45, 2.75) is 72.3 Å². The molecule has 0 aromatic carbocycles. The third-order valence-corrected chi connectivity index (χ3v) is 5.05. The number of hydrogen-bond donors (Lipinski definition) is 2. The summed E-state index contributed by atoms with van der Waals surface area (Å²) in [6.45, 7) is 9.91. The summed E-state index contributed by atoms with van der Waals surface area (Å²) in [4.78, 5) is 2.50. The maximum atomic E-state index is 8.78. The van der Waals surface area contributed by atoms with Crippen molar-refractivity contribution in [2.75, 3.05) is 13.6 Å². The number of oxime groups is 1. The number of rotatable bonds is 6. The average Bonchev–Trinajstić information content (AvgIpc) is 2.37. The fraction of sp³-hybridized carbons (Fsp3) is 0.938. The predicted molar refractivity (Wildman–Crippen MR) is 85.1 cm³/mol. The van der Waals surface area contributed by atoms with Crippen molar-refractivity contribution in [2.24, 2.45) is 21.7 Å². The Bertz CT molecular complexity index is 327. The first-order valence-electron chi connectivity index (χ1n) is 7.86. The van der Waals surface area contributed by atoms with Gasteiger partial charge in [-0.15, -0.1) is 0 Å². The first-order chi connectivity index (χ1) is 9.18. The Labute approximate surface area is 124 Å². The monoisotopic (exact) mass is 283 g/mol. The van der Waals surface area contributed by atoms with Crippen LogP contribution >= 0.6 is 0 Å². The third kappa shape index (κ3) is 4.97. The molecule has 0 aliphatic heterocycles. The Morgan fingerprint density at radius 2 is 1.90 bits per heavy atom. The third-order valence-electron chi connectivity index (χ3n) is 5.05. The second kappa shape index (κ2) is 6.79. The second-order valence-electron chi connectivity index (χ2n) is 7.85. The van der Waals surface area contributed by atoms with Gasteiger partial charge in [0.2, 0.25) is 0 Å². The molecule has 0 radical (unpaired) electrons. The molecule has 1 saturated carbocycles. The summed E-state index contributed by atoms with van der Waals surface area (Å²) >= 11 is 0. The van der Waals surface area contributed by atoms with Gasteiger partial charge in [0.05, 0.1) is 0 Å². The van der Waals surface area contributed by atoms with E-state index in [4.69, 9.17) is 10.9 Å². The minimum Gasteiger partial charge on any atom is -0.409 e. The van der Waals surface area contributed by atoms with Crippen LogP contribution in [0.5, 0.6) is 0 Å². The number of hydrogen-bond acceptors (Lipinski definition) is 3. The second-order valence-corrected chi connectivity index (χ2v) is 7.85. The summed E-state index contributed by atoms with van der Waals surface area (Å²) in [6, 6.07) is 0.731. The zero-order valence-electron chi connectivity index (χ0n) is 13.9. The van der Waals surface area contributed by atoms with Crippen LogP contribution in [0.4, 0.5) is 0 Å². The largest absolute Gasteiger partial charge is 0.409 e. The van der Waals surface area contributed by atoms with E-state index in [1.54, 1.807) is 0 Å². The van der Waals surface area contributed by atoms with Crippen molar-refractivity contribution in [3.8, 4) is 0 Å². The lowest BCUT2D eigenvalue weighted by atomic mass is 9.75. The van der Waals surface area contributed by atoms with Gasteiger partial charge in [-0.2, -0.15) is 0 Å². The first kappa shape index (κ1) is 17.3. The number of nitrogens with two attached hydrogens (primary N) is 1. The SMILES string of the molecule is CN(CCCC(C)(C)C(N)=NO)C1CCC(C)(C)CC1. The summed E-state index contributed by atoms with van der Waals surface area (Å²) < 4.78 is 0. The minimum absolute atomic E-state index is 0.218. The molecule has 1 aliphatic carbocycles. The summed E-state index contributed by atoms with van der Waals surface area (Å²) in [5.41, 5.74) is 6.04. The summed E-state index contributed by atoms with van der Waals surface area (Å²) in [5, 5.41) is 11.9. The van der Waals surface area contributed by atoms with E-state index in [1.165, 1.54) is 25.7 Å². The highest BCUT2D eigenvalue weighted by Gasteiger charge is 2.29. The lowest BCUT2D eigenvalue weighted by Gasteiger charge is -2.39. The standard InChI is InChI=1S/C16H33N3O/c1-15(2)10-7-13(8-11-15)19(5)12-6-9-16(3,4)14(17)18-20/h13,20H,6-12H2,1-5H3,(H2,17,18). The van der Waals surface area contributed by atoms with Crippen LogP contribution < -0.4 is 5.73 Å². The quantitative estimate of drug-likeness (QED) is 0.340. The molecule has 4 nitrogen and oxygen atoms in total. The van der Waals surface area contributed by atoms with Crippen LogP contribution in [0.2, 0.25) is 0 Å². The normalized spacial score (nSPS) is 21.4. The van der Waals surface area contributed by atoms with E-state index in [-0.39, 0.29) is 5.41 Å². The Morgan fingerprint density at radius 1 is 1.35 bits per heavy atom. The summed E-state index contributed by atoms with van der Waals surface area (Å²) in [5.74, 6) is 0.333. The Hall–Kier alpha value is -0.770. The molecule has 118 valence electrons. The Kier molecular flexibility index (Phi) is 5.87.